The molecule has 3 aromatic rings. The normalized spacial score (nSPS) is 13.0. The number of methoxy groups -OCH3 is 1. The van der Waals surface area contributed by atoms with Crippen molar-refractivity contribution < 1.29 is 13.2 Å². The van der Waals surface area contributed by atoms with E-state index in [-0.39, 0.29) is 4.90 Å². The number of sulfonamides is 1. The van der Waals surface area contributed by atoms with Gasteiger partial charge < -0.3 is 9.30 Å². The molecule has 3 rings (SSSR count). The van der Waals surface area contributed by atoms with Crippen LogP contribution in [0.2, 0.25) is 0 Å². The molecule has 0 amide bonds. The summed E-state index contributed by atoms with van der Waals surface area (Å²) >= 11 is 0. The van der Waals surface area contributed by atoms with Crippen molar-refractivity contribution in [1.29, 1.82) is 0 Å². The van der Waals surface area contributed by atoms with Crippen molar-refractivity contribution in [1.82, 2.24) is 24.1 Å². The zero-order valence-corrected chi connectivity index (χ0v) is 18.1. The van der Waals surface area contributed by atoms with Gasteiger partial charge in [0.25, 0.3) is 0 Å². The highest BCUT2D eigenvalue weighted by Crippen LogP contribution is 2.27. The lowest BCUT2D eigenvalue weighted by Crippen LogP contribution is -2.31. The lowest BCUT2D eigenvalue weighted by molar-refractivity contribution is 0.413. The molecule has 9 heteroatoms. The van der Waals surface area contributed by atoms with E-state index in [1.807, 2.05) is 25.2 Å². The van der Waals surface area contributed by atoms with E-state index in [4.69, 9.17) is 4.74 Å². The van der Waals surface area contributed by atoms with Crippen LogP contribution in [0.4, 0.5) is 0 Å². The van der Waals surface area contributed by atoms with E-state index in [2.05, 4.69) is 28.7 Å². The molecule has 2 aromatic heterocycles. The Labute approximate surface area is 171 Å². The van der Waals surface area contributed by atoms with Gasteiger partial charge in [0.1, 0.15) is 22.5 Å². The average Bonchev–Trinajstić information content (AvgIpc) is 3.25. The molecule has 0 saturated carbocycles. The van der Waals surface area contributed by atoms with Gasteiger partial charge in [0, 0.05) is 32.2 Å². The lowest BCUT2D eigenvalue weighted by Gasteiger charge is -2.19. The second kappa shape index (κ2) is 8.38. The Bertz CT molecular complexity index is 1090. The van der Waals surface area contributed by atoms with Crippen molar-refractivity contribution >= 4 is 10.0 Å². The molecule has 0 bridgehead atoms. The third-order valence-corrected chi connectivity index (χ3v) is 6.09. The number of hydrogen-bond donors (Lipinski definition) is 1. The van der Waals surface area contributed by atoms with Crippen molar-refractivity contribution in [3.63, 3.8) is 0 Å². The second-order valence-electron chi connectivity index (χ2n) is 7.42. The molecular weight excluding hydrogens is 390 g/mol. The third kappa shape index (κ3) is 4.68. The quantitative estimate of drug-likeness (QED) is 0.608. The van der Waals surface area contributed by atoms with Crippen LogP contribution in [-0.2, 0) is 23.6 Å². The molecule has 0 aliphatic heterocycles. The monoisotopic (exact) mass is 417 g/mol. The van der Waals surface area contributed by atoms with Crippen LogP contribution >= 0.6 is 0 Å². The summed E-state index contributed by atoms with van der Waals surface area (Å²) < 4.78 is 38.1. The number of benzene rings is 1. The van der Waals surface area contributed by atoms with Gasteiger partial charge in [0.2, 0.25) is 10.0 Å². The smallest absolute Gasteiger partial charge is 0.244 e. The number of hydrogen-bond acceptors (Lipinski definition) is 5. The summed E-state index contributed by atoms with van der Waals surface area (Å²) in [6.45, 7) is 6.47. The zero-order valence-electron chi connectivity index (χ0n) is 17.3. The van der Waals surface area contributed by atoms with Crippen LogP contribution in [0.5, 0.6) is 5.75 Å². The molecule has 0 aliphatic carbocycles. The predicted octanol–water partition coefficient (Wildman–Crippen LogP) is 2.66. The summed E-state index contributed by atoms with van der Waals surface area (Å²) in [5.74, 6) is 1.57. The molecule has 0 spiro atoms. The van der Waals surface area contributed by atoms with Gasteiger partial charge in [0.15, 0.2) is 0 Å². The summed E-state index contributed by atoms with van der Waals surface area (Å²) in [7, 11) is -0.439. The molecule has 8 nitrogen and oxygen atoms in total. The van der Waals surface area contributed by atoms with Crippen molar-refractivity contribution in [2.45, 2.75) is 38.3 Å². The molecule has 0 fully saturated rings. The molecule has 0 unspecified atom stereocenters. The highest BCUT2D eigenvalue weighted by molar-refractivity contribution is 7.89. The highest BCUT2D eigenvalue weighted by atomic mass is 32.2. The lowest BCUT2D eigenvalue weighted by atomic mass is 10.1. The van der Waals surface area contributed by atoms with Crippen LogP contribution in [0.25, 0.3) is 0 Å². The summed E-state index contributed by atoms with van der Waals surface area (Å²) in [6, 6.07) is 6.61. The van der Waals surface area contributed by atoms with Crippen LogP contribution in [0.3, 0.4) is 0 Å². The van der Waals surface area contributed by atoms with E-state index in [1.54, 1.807) is 47.9 Å². The first-order valence-electron chi connectivity index (χ1n) is 9.39. The SMILES string of the molecule is COc1cccc([C@H](NS(=O)(=O)c2cn(CC(C)C)nc2C)c2nccn2C)c1. The fourth-order valence-corrected chi connectivity index (χ4v) is 4.56. The number of ether oxygens (including phenoxy) is 1. The maximum absolute atomic E-state index is 13.3. The molecule has 0 aliphatic rings. The summed E-state index contributed by atoms with van der Waals surface area (Å²) in [5, 5.41) is 4.36. The topological polar surface area (TPSA) is 91.0 Å². The van der Waals surface area contributed by atoms with Gasteiger partial charge in [-0.2, -0.15) is 9.82 Å². The summed E-state index contributed by atoms with van der Waals surface area (Å²) in [5.41, 5.74) is 1.19. The van der Waals surface area contributed by atoms with Gasteiger partial charge in [-0.05, 0) is 30.5 Å². The van der Waals surface area contributed by atoms with E-state index in [1.165, 1.54) is 0 Å². The van der Waals surface area contributed by atoms with Gasteiger partial charge in [0.05, 0.1) is 12.8 Å². The standard InChI is InChI=1S/C20H27N5O3S/c1-14(2)12-25-13-18(15(3)22-25)29(26,27)23-19(20-21-9-10-24(20)4)16-7-6-8-17(11-16)28-5/h6-11,13-14,19,23H,12H2,1-5H3/t19-/m0/s1. The Hall–Kier alpha value is -2.65. The molecule has 1 atom stereocenters. The Balaban J connectivity index is 2.01. The fourth-order valence-electron chi connectivity index (χ4n) is 3.20. The van der Waals surface area contributed by atoms with E-state index >= 15 is 0 Å². The van der Waals surface area contributed by atoms with Crippen molar-refractivity contribution in [2.75, 3.05) is 7.11 Å². The highest BCUT2D eigenvalue weighted by Gasteiger charge is 2.28. The second-order valence-corrected chi connectivity index (χ2v) is 9.10. The summed E-state index contributed by atoms with van der Waals surface area (Å²) in [4.78, 5) is 4.53. The summed E-state index contributed by atoms with van der Waals surface area (Å²) in [6.07, 6.45) is 5.00. The van der Waals surface area contributed by atoms with Crippen LogP contribution < -0.4 is 9.46 Å². The van der Waals surface area contributed by atoms with Gasteiger partial charge >= 0.3 is 0 Å². The molecule has 1 N–H and O–H groups in total. The molecular formula is C20H27N5O3S. The largest absolute Gasteiger partial charge is 0.497 e. The minimum Gasteiger partial charge on any atom is -0.497 e. The van der Waals surface area contributed by atoms with Gasteiger partial charge in [-0.15, -0.1) is 0 Å². The van der Waals surface area contributed by atoms with Crippen molar-refractivity contribution in [2.24, 2.45) is 13.0 Å². The molecule has 0 radical (unpaired) electrons. The molecule has 1 aromatic carbocycles. The Morgan fingerprint density at radius 3 is 2.66 bits per heavy atom. The maximum atomic E-state index is 13.3. The maximum Gasteiger partial charge on any atom is 0.244 e. The first kappa shape index (κ1) is 21.1. The fraction of sp³-hybridized carbons (Fsp3) is 0.400. The average molecular weight is 418 g/mol. The zero-order chi connectivity index (χ0) is 21.2. The number of imidazole rings is 1. The number of rotatable bonds is 8. The molecule has 29 heavy (non-hydrogen) atoms. The first-order chi connectivity index (χ1) is 13.7. The van der Waals surface area contributed by atoms with E-state index in [9.17, 15) is 8.42 Å². The predicted molar refractivity (Wildman–Crippen MR) is 110 cm³/mol. The van der Waals surface area contributed by atoms with E-state index in [0.717, 1.165) is 5.56 Å². The van der Waals surface area contributed by atoms with Gasteiger partial charge in [-0.3, -0.25) is 4.68 Å². The number of nitrogens with one attached hydrogen (secondary N) is 1. The third-order valence-electron chi connectivity index (χ3n) is 4.56. The Morgan fingerprint density at radius 1 is 1.28 bits per heavy atom. The molecule has 2 heterocycles. The van der Waals surface area contributed by atoms with Crippen molar-refractivity contribution in [3.05, 3.63) is 59.9 Å². The van der Waals surface area contributed by atoms with Gasteiger partial charge in [-0.25, -0.2) is 13.4 Å². The number of nitrogens with zero attached hydrogens (tertiary/aromatic N) is 4. The first-order valence-corrected chi connectivity index (χ1v) is 10.9. The minimum atomic E-state index is -3.84. The van der Waals surface area contributed by atoms with Crippen molar-refractivity contribution in [3.8, 4) is 5.75 Å². The minimum absolute atomic E-state index is 0.167. The van der Waals surface area contributed by atoms with E-state index in [0.29, 0.717) is 29.7 Å². The Kier molecular flexibility index (Phi) is 6.09. The van der Waals surface area contributed by atoms with Crippen LogP contribution in [0.15, 0.2) is 47.8 Å². The number of aromatic nitrogens is 4. The number of aryl methyl sites for hydroxylation is 2. The Morgan fingerprint density at radius 2 is 2.03 bits per heavy atom. The van der Waals surface area contributed by atoms with Gasteiger partial charge in [-0.1, -0.05) is 26.0 Å². The van der Waals surface area contributed by atoms with Crippen LogP contribution in [0, 0.1) is 12.8 Å². The van der Waals surface area contributed by atoms with E-state index < -0.39 is 16.1 Å². The van der Waals surface area contributed by atoms with Crippen LogP contribution in [-0.4, -0.2) is 34.9 Å². The molecule has 0 saturated heterocycles. The van der Waals surface area contributed by atoms with Crippen LogP contribution in [0.1, 0.15) is 37.0 Å². The molecule has 156 valence electrons.